The van der Waals surface area contributed by atoms with E-state index in [0.717, 1.165) is 39.1 Å². The first-order valence-electron chi connectivity index (χ1n) is 13.5. The van der Waals surface area contributed by atoms with Gasteiger partial charge >= 0.3 is 0 Å². The molecular weight excluding hydrogens is 506 g/mol. The highest BCUT2D eigenvalue weighted by Crippen LogP contribution is 2.39. The molecule has 0 radical (unpaired) electrons. The van der Waals surface area contributed by atoms with E-state index >= 15 is 0 Å². The van der Waals surface area contributed by atoms with Gasteiger partial charge in [0, 0.05) is 46.0 Å². The first-order chi connectivity index (χ1) is 20.2. The predicted octanol–water partition coefficient (Wildman–Crippen LogP) is 8.17. The smallest absolute Gasteiger partial charge is 0.261 e. The fraction of sp³-hybridized carbons (Fsp3) is 0.0278. The van der Waals surface area contributed by atoms with Crippen LogP contribution in [0.3, 0.4) is 0 Å². The van der Waals surface area contributed by atoms with E-state index in [1.807, 2.05) is 78.9 Å². The van der Waals surface area contributed by atoms with Gasteiger partial charge in [-0.25, -0.2) is 0 Å². The van der Waals surface area contributed by atoms with Crippen LogP contribution >= 0.6 is 0 Å². The number of anilines is 3. The van der Waals surface area contributed by atoms with Gasteiger partial charge in [0.15, 0.2) is 0 Å². The normalized spacial score (nSPS) is 12.5. The molecule has 0 fully saturated rings. The average molecular weight is 532 g/mol. The van der Waals surface area contributed by atoms with Gasteiger partial charge in [-0.15, -0.1) is 0 Å². The topological polar surface area (TPSA) is 53.5 Å². The molecular formula is C36H25N3O2. The Morgan fingerprint density at radius 3 is 1.73 bits per heavy atom. The zero-order valence-electron chi connectivity index (χ0n) is 22.1. The third-order valence-electron chi connectivity index (χ3n) is 7.55. The van der Waals surface area contributed by atoms with E-state index in [4.69, 9.17) is 0 Å². The lowest BCUT2D eigenvalue weighted by Gasteiger charge is -2.28. The molecule has 0 aliphatic carbocycles. The molecule has 2 amide bonds. The molecule has 0 saturated carbocycles. The summed E-state index contributed by atoms with van der Waals surface area (Å²) in [6, 6.07) is 42.1. The van der Waals surface area contributed by atoms with Crippen molar-refractivity contribution in [3.05, 3.63) is 156 Å². The number of rotatable bonds is 6. The van der Waals surface area contributed by atoms with Crippen LogP contribution in [0, 0.1) is 0 Å². The van der Waals surface area contributed by atoms with E-state index < -0.39 is 0 Å². The number of carbonyl (C=O) groups is 2. The second-order valence-electron chi connectivity index (χ2n) is 9.99. The van der Waals surface area contributed by atoms with Crippen LogP contribution in [0.2, 0.25) is 0 Å². The molecule has 7 rings (SSSR count). The Morgan fingerprint density at radius 2 is 1.10 bits per heavy atom. The molecule has 0 spiro atoms. The largest absolute Gasteiger partial charge is 0.311 e. The maximum Gasteiger partial charge on any atom is 0.261 e. The minimum atomic E-state index is -0.279. The third kappa shape index (κ3) is 4.34. The number of benzene rings is 5. The fourth-order valence-corrected chi connectivity index (χ4v) is 5.60. The molecule has 5 heteroatoms. The van der Waals surface area contributed by atoms with E-state index in [1.165, 1.54) is 4.90 Å². The Bertz CT molecular complexity index is 1830. The molecule has 0 bridgehead atoms. The Hall–Kier alpha value is -5.55. The minimum absolute atomic E-state index is 0.207. The third-order valence-corrected chi connectivity index (χ3v) is 7.55. The highest BCUT2D eigenvalue weighted by Gasteiger charge is 2.33. The van der Waals surface area contributed by atoms with Crippen molar-refractivity contribution in [2.24, 2.45) is 0 Å². The van der Waals surface area contributed by atoms with E-state index in [0.29, 0.717) is 16.5 Å². The first-order valence-corrected chi connectivity index (χ1v) is 13.5. The number of nitrogens with zero attached hydrogens (tertiary/aromatic N) is 3. The molecule has 0 saturated heterocycles. The second-order valence-corrected chi connectivity index (χ2v) is 9.99. The summed E-state index contributed by atoms with van der Waals surface area (Å²) in [5.41, 5.74) is 7.11. The average Bonchev–Trinajstić information content (AvgIpc) is 3.04. The SMILES string of the molecule is O=C1c2cccc3c(-c4ccc(N(c5ccccc5)c5ccccc5)cc4)ccc(c23)C(=O)N1Cc1ccncc1. The summed E-state index contributed by atoms with van der Waals surface area (Å²) in [4.78, 5) is 34.7. The second kappa shape index (κ2) is 10.2. The maximum absolute atomic E-state index is 13.5. The molecule has 5 nitrogen and oxygen atoms in total. The van der Waals surface area contributed by atoms with E-state index in [2.05, 4.69) is 58.4 Å². The molecule has 196 valence electrons. The van der Waals surface area contributed by atoms with Gasteiger partial charge in [-0.3, -0.25) is 19.5 Å². The molecule has 1 aromatic heterocycles. The first kappa shape index (κ1) is 24.5. The number of carbonyl (C=O) groups excluding carboxylic acids is 2. The number of hydrogen-bond donors (Lipinski definition) is 0. The quantitative estimate of drug-likeness (QED) is 0.203. The number of pyridine rings is 1. The van der Waals surface area contributed by atoms with Crippen LogP contribution in [0.15, 0.2) is 140 Å². The highest BCUT2D eigenvalue weighted by molar-refractivity contribution is 6.26. The Morgan fingerprint density at radius 1 is 0.537 bits per heavy atom. The van der Waals surface area contributed by atoms with Crippen molar-refractivity contribution >= 4 is 39.6 Å². The van der Waals surface area contributed by atoms with Crippen molar-refractivity contribution in [2.45, 2.75) is 6.54 Å². The molecule has 0 atom stereocenters. The summed E-state index contributed by atoms with van der Waals surface area (Å²) in [7, 11) is 0. The van der Waals surface area contributed by atoms with Crippen LogP contribution < -0.4 is 4.90 Å². The van der Waals surface area contributed by atoms with Crippen molar-refractivity contribution in [3.63, 3.8) is 0 Å². The lowest BCUT2D eigenvalue weighted by Crippen LogP contribution is -2.39. The number of hydrogen-bond acceptors (Lipinski definition) is 4. The van der Waals surface area contributed by atoms with E-state index in [1.54, 1.807) is 12.4 Å². The van der Waals surface area contributed by atoms with Crippen LogP contribution in [0.1, 0.15) is 26.3 Å². The van der Waals surface area contributed by atoms with Crippen molar-refractivity contribution in [1.29, 1.82) is 0 Å². The molecule has 1 aliphatic heterocycles. The van der Waals surface area contributed by atoms with Gasteiger partial charge in [-0.05, 0) is 82.7 Å². The number of para-hydroxylation sites is 2. The minimum Gasteiger partial charge on any atom is -0.311 e. The summed E-state index contributed by atoms with van der Waals surface area (Å²) < 4.78 is 0. The monoisotopic (exact) mass is 531 g/mol. The summed E-state index contributed by atoms with van der Waals surface area (Å²) >= 11 is 0. The van der Waals surface area contributed by atoms with E-state index in [9.17, 15) is 9.59 Å². The molecule has 41 heavy (non-hydrogen) atoms. The van der Waals surface area contributed by atoms with Gasteiger partial charge < -0.3 is 4.90 Å². The summed E-state index contributed by atoms with van der Waals surface area (Å²) in [6.45, 7) is 0.207. The molecule has 0 unspecified atom stereocenters. The van der Waals surface area contributed by atoms with Crippen LogP contribution in [0.4, 0.5) is 17.1 Å². The van der Waals surface area contributed by atoms with Gasteiger partial charge in [0.25, 0.3) is 11.8 Å². The summed E-state index contributed by atoms with van der Waals surface area (Å²) in [6.07, 6.45) is 3.33. The zero-order valence-corrected chi connectivity index (χ0v) is 22.1. The fourth-order valence-electron chi connectivity index (χ4n) is 5.60. The van der Waals surface area contributed by atoms with Crippen molar-refractivity contribution in [2.75, 3.05) is 4.90 Å². The molecule has 0 N–H and O–H groups in total. The molecule has 2 heterocycles. The predicted molar refractivity (Wildman–Crippen MR) is 163 cm³/mol. The zero-order chi connectivity index (χ0) is 27.8. The number of imide groups is 1. The molecule has 5 aromatic carbocycles. The van der Waals surface area contributed by atoms with Crippen LogP contribution in [-0.2, 0) is 6.54 Å². The van der Waals surface area contributed by atoms with E-state index in [-0.39, 0.29) is 18.4 Å². The van der Waals surface area contributed by atoms with Gasteiger partial charge in [0.2, 0.25) is 0 Å². The lowest BCUT2D eigenvalue weighted by atomic mass is 9.89. The standard InChI is InChI=1S/C36H25N3O2/c40-35-32-13-7-12-31-30(18-19-33(34(31)32)36(41)38(35)24-25-20-22-37-23-21-25)26-14-16-29(17-15-26)39(27-8-3-1-4-9-27)28-10-5-2-6-11-28/h1-23H,24H2. The molecule has 6 aromatic rings. The van der Waals surface area contributed by atoms with Crippen LogP contribution in [0.25, 0.3) is 21.9 Å². The Labute approximate surface area is 237 Å². The van der Waals surface area contributed by atoms with Crippen molar-refractivity contribution < 1.29 is 9.59 Å². The Kier molecular flexibility index (Phi) is 6.10. The summed E-state index contributed by atoms with van der Waals surface area (Å²) in [5, 5.41) is 1.60. The maximum atomic E-state index is 13.5. The van der Waals surface area contributed by atoms with Crippen LogP contribution in [0.5, 0.6) is 0 Å². The van der Waals surface area contributed by atoms with Gasteiger partial charge in [0.05, 0.1) is 6.54 Å². The Balaban J connectivity index is 1.28. The van der Waals surface area contributed by atoms with Crippen LogP contribution in [-0.4, -0.2) is 21.7 Å². The summed E-state index contributed by atoms with van der Waals surface area (Å²) in [5.74, 6) is -0.558. The number of amides is 2. The molecule has 1 aliphatic rings. The van der Waals surface area contributed by atoms with Gasteiger partial charge in [-0.1, -0.05) is 66.7 Å². The van der Waals surface area contributed by atoms with Gasteiger partial charge in [-0.2, -0.15) is 0 Å². The van der Waals surface area contributed by atoms with Crippen molar-refractivity contribution in [3.8, 4) is 11.1 Å². The van der Waals surface area contributed by atoms with Crippen molar-refractivity contribution in [1.82, 2.24) is 9.88 Å². The highest BCUT2D eigenvalue weighted by atomic mass is 16.2. The number of aromatic nitrogens is 1. The lowest BCUT2D eigenvalue weighted by molar-refractivity contribution is 0.0598. The van der Waals surface area contributed by atoms with Gasteiger partial charge in [0.1, 0.15) is 0 Å².